The maximum atomic E-state index is 12.9. The smallest absolute Gasteiger partial charge is 0.0629 e. The second-order valence-electron chi connectivity index (χ2n) is 4.96. The van der Waals surface area contributed by atoms with E-state index in [0.717, 1.165) is 15.8 Å². The van der Waals surface area contributed by atoms with E-state index in [4.69, 9.17) is 0 Å². The molecular weight excluding hydrogens is 334 g/mol. The summed E-state index contributed by atoms with van der Waals surface area (Å²) in [6.45, 7) is 0. The lowest BCUT2D eigenvalue weighted by molar-refractivity contribution is 0.581. The summed E-state index contributed by atoms with van der Waals surface area (Å²) in [5.41, 5.74) is 2.59. The highest BCUT2D eigenvalue weighted by atomic mass is 79.9. The van der Waals surface area contributed by atoms with Gasteiger partial charge in [0.15, 0.2) is 0 Å². The van der Waals surface area contributed by atoms with Crippen LogP contribution in [0.15, 0.2) is 57.9 Å². The molecule has 1 aliphatic rings. The van der Waals surface area contributed by atoms with Gasteiger partial charge in [0, 0.05) is 15.4 Å². The molecule has 4 heteroatoms. The molecule has 0 saturated heterocycles. The molecule has 3 unspecified atom stereocenters. The second-order valence-corrected chi connectivity index (χ2v) is 7.55. The molecule has 0 spiro atoms. The number of fused-ring (bicyclic) bond motifs is 1. The van der Waals surface area contributed by atoms with Gasteiger partial charge in [-0.25, -0.2) is 0 Å². The van der Waals surface area contributed by atoms with Crippen LogP contribution in [-0.2, 0) is 17.2 Å². The fourth-order valence-corrected chi connectivity index (χ4v) is 5.08. The lowest BCUT2D eigenvalue weighted by atomic mass is 10.1. The van der Waals surface area contributed by atoms with Crippen molar-refractivity contribution in [3.8, 4) is 0 Å². The van der Waals surface area contributed by atoms with Gasteiger partial charge in [0.25, 0.3) is 0 Å². The molecule has 2 aromatic carbocycles. The first-order chi connectivity index (χ1) is 9.70. The van der Waals surface area contributed by atoms with Gasteiger partial charge in [-0.1, -0.05) is 46.3 Å². The highest BCUT2D eigenvalue weighted by Crippen LogP contribution is 2.36. The van der Waals surface area contributed by atoms with Crippen molar-refractivity contribution >= 4 is 26.7 Å². The van der Waals surface area contributed by atoms with Gasteiger partial charge in [-0.05, 0) is 42.8 Å². The van der Waals surface area contributed by atoms with Crippen molar-refractivity contribution in [3.05, 3.63) is 64.1 Å². The van der Waals surface area contributed by atoms with Gasteiger partial charge in [-0.2, -0.15) is 0 Å². The molecule has 0 aromatic heterocycles. The van der Waals surface area contributed by atoms with Crippen LogP contribution in [-0.4, -0.2) is 16.5 Å². The summed E-state index contributed by atoms with van der Waals surface area (Å²) < 4.78 is 13.9. The molecule has 0 amide bonds. The summed E-state index contributed by atoms with van der Waals surface area (Å²) >= 11 is 3.45. The second kappa shape index (κ2) is 5.80. The van der Waals surface area contributed by atoms with Gasteiger partial charge in [0.2, 0.25) is 0 Å². The zero-order valence-electron chi connectivity index (χ0n) is 11.2. The summed E-state index contributed by atoms with van der Waals surface area (Å²) in [5, 5.41) is 3.42. The van der Waals surface area contributed by atoms with Gasteiger partial charge in [-0.15, -0.1) is 0 Å². The van der Waals surface area contributed by atoms with Crippen molar-refractivity contribution < 1.29 is 4.21 Å². The normalized spacial score (nSPS) is 22.5. The number of benzene rings is 2. The zero-order chi connectivity index (χ0) is 14.1. The number of halogens is 1. The highest BCUT2D eigenvalue weighted by Gasteiger charge is 2.35. The minimum Gasteiger partial charge on any atom is -0.312 e. The summed E-state index contributed by atoms with van der Waals surface area (Å²) in [6, 6.07) is 16.3. The van der Waals surface area contributed by atoms with E-state index in [1.54, 1.807) is 0 Å². The molecule has 0 heterocycles. The molecule has 2 aromatic rings. The van der Waals surface area contributed by atoms with Crippen molar-refractivity contribution in [2.24, 2.45) is 0 Å². The van der Waals surface area contributed by atoms with Crippen LogP contribution >= 0.6 is 15.9 Å². The van der Waals surface area contributed by atoms with Crippen LogP contribution in [0, 0.1) is 0 Å². The molecule has 1 aliphatic carbocycles. The quantitative estimate of drug-likeness (QED) is 0.919. The van der Waals surface area contributed by atoms with E-state index in [1.165, 1.54) is 11.1 Å². The molecule has 0 radical (unpaired) electrons. The van der Waals surface area contributed by atoms with E-state index in [0.29, 0.717) is 0 Å². The minimum absolute atomic E-state index is 0.0895. The van der Waals surface area contributed by atoms with Crippen molar-refractivity contribution in [2.45, 2.75) is 22.6 Å². The predicted molar refractivity (Wildman–Crippen MR) is 86.3 cm³/mol. The van der Waals surface area contributed by atoms with Crippen LogP contribution < -0.4 is 5.32 Å². The molecular formula is C16H16BrNOS. The molecule has 20 heavy (non-hydrogen) atoms. The minimum atomic E-state index is -1.02. The first kappa shape index (κ1) is 14.0. The maximum Gasteiger partial charge on any atom is 0.0629 e. The molecule has 0 saturated carbocycles. The van der Waals surface area contributed by atoms with Crippen molar-refractivity contribution in [1.29, 1.82) is 0 Å². The van der Waals surface area contributed by atoms with E-state index in [2.05, 4.69) is 39.4 Å². The Balaban J connectivity index is 1.94. The number of hydrogen-bond acceptors (Lipinski definition) is 2. The fraction of sp³-hybridized carbons (Fsp3) is 0.250. The average molecular weight is 350 g/mol. The zero-order valence-corrected chi connectivity index (χ0v) is 13.6. The van der Waals surface area contributed by atoms with Crippen LogP contribution in [0.1, 0.15) is 17.2 Å². The molecule has 3 rings (SSSR count). The Morgan fingerprint density at radius 3 is 2.75 bits per heavy atom. The molecule has 0 fully saturated rings. The fourth-order valence-electron chi connectivity index (χ4n) is 2.87. The van der Waals surface area contributed by atoms with Crippen LogP contribution in [0.25, 0.3) is 0 Å². The van der Waals surface area contributed by atoms with Crippen LogP contribution in [0.4, 0.5) is 0 Å². The van der Waals surface area contributed by atoms with E-state index >= 15 is 0 Å². The van der Waals surface area contributed by atoms with E-state index in [1.807, 2.05) is 37.4 Å². The third-order valence-corrected chi connectivity index (χ3v) is 6.00. The summed E-state index contributed by atoms with van der Waals surface area (Å²) in [4.78, 5) is 0.887. The Labute approximate surface area is 130 Å². The molecule has 1 N–H and O–H groups in total. The SMILES string of the molecule is CNC1c2ccccc2CC1S(=O)c1cccc(Br)c1. The third-order valence-electron chi connectivity index (χ3n) is 3.80. The van der Waals surface area contributed by atoms with Gasteiger partial charge in [0.05, 0.1) is 16.0 Å². The Hall–Kier alpha value is -0.970. The monoisotopic (exact) mass is 349 g/mol. The first-order valence-corrected chi connectivity index (χ1v) is 8.62. The summed E-state index contributed by atoms with van der Waals surface area (Å²) in [7, 11) is 0.925. The highest BCUT2D eigenvalue weighted by molar-refractivity contribution is 9.10. The summed E-state index contributed by atoms with van der Waals surface area (Å²) in [6.07, 6.45) is 0.862. The van der Waals surface area contributed by atoms with Crippen LogP contribution in [0.2, 0.25) is 0 Å². The number of rotatable bonds is 3. The van der Waals surface area contributed by atoms with E-state index < -0.39 is 10.8 Å². The molecule has 0 bridgehead atoms. The van der Waals surface area contributed by atoms with Crippen molar-refractivity contribution in [1.82, 2.24) is 5.32 Å². The van der Waals surface area contributed by atoms with Gasteiger partial charge in [-0.3, -0.25) is 4.21 Å². The van der Waals surface area contributed by atoms with Gasteiger partial charge < -0.3 is 5.32 Å². The predicted octanol–water partition coefficient (Wildman–Crippen LogP) is 3.44. The Morgan fingerprint density at radius 2 is 2.00 bits per heavy atom. The topological polar surface area (TPSA) is 29.1 Å². The molecule has 0 aliphatic heterocycles. The summed E-state index contributed by atoms with van der Waals surface area (Å²) in [5.74, 6) is 0. The Kier molecular flexibility index (Phi) is 4.06. The Bertz CT molecular complexity index is 658. The van der Waals surface area contributed by atoms with Gasteiger partial charge >= 0.3 is 0 Å². The average Bonchev–Trinajstić information content (AvgIpc) is 2.85. The van der Waals surface area contributed by atoms with Crippen molar-refractivity contribution in [2.75, 3.05) is 7.05 Å². The third kappa shape index (κ3) is 2.48. The molecule has 104 valence electrons. The molecule has 3 atom stereocenters. The maximum absolute atomic E-state index is 12.9. The van der Waals surface area contributed by atoms with E-state index in [-0.39, 0.29) is 11.3 Å². The van der Waals surface area contributed by atoms with Crippen LogP contribution in [0.3, 0.4) is 0 Å². The lowest BCUT2D eigenvalue weighted by Gasteiger charge is -2.19. The first-order valence-electron chi connectivity index (χ1n) is 6.62. The van der Waals surface area contributed by atoms with Crippen molar-refractivity contribution in [3.63, 3.8) is 0 Å². The lowest BCUT2D eigenvalue weighted by Crippen LogP contribution is -2.29. The van der Waals surface area contributed by atoms with Crippen LogP contribution in [0.5, 0.6) is 0 Å². The standard InChI is InChI=1S/C16H16BrNOS/c1-18-16-14-8-3-2-5-11(14)9-15(16)20(19)13-7-4-6-12(17)10-13/h2-8,10,15-16,18H,9H2,1H3. The van der Waals surface area contributed by atoms with Gasteiger partial charge in [0.1, 0.15) is 0 Å². The number of hydrogen-bond donors (Lipinski definition) is 1. The Morgan fingerprint density at radius 1 is 1.20 bits per heavy atom. The number of nitrogens with one attached hydrogen (secondary N) is 1. The largest absolute Gasteiger partial charge is 0.312 e. The molecule has 2 nitrogen and oxygen atoms in total. The van der Waals surface area contributed by atoms with E-state index in [9.17, 15) is 4.21 Å².